The number of piperidine rings is 1. The van der Waals surface area contributed by atoms with E-state index in [1.54, 1.807) is 0 Å². The van der Waals surface area contributed by atoms with Gasteiger partial charge in [-0.15, -0.1) is 12.4 Å². The van der Waals surface area contributed by atoms with E-state index in [0.717, 1.165) is 43.5 Å². The van der Waals surface area contributed by atoms with Crippen LogP contribution in [0.2, 0.25) is 0 Å². The second-order valence-electron chi connectivity index (χ2n) is 5.84. The molecule has 0 aliphatic carbocycles. The Morgan fingerprint density at radius 3 is 2.57 bits per heavy atom. The van der Waals surface area contributed by atoms with Gasteiger partial charge in [-0.05, 0) is 43.0 Å². The largest absolute Gasteiger partial charge is 0.348 e. The highest BCUT2D eigenvalue weighted by Crippen LogP contribution is 2.15. The Morgan fingerprint density at radius 2 is 1.83 bits per heavy atom. The molecule has 3 nitrogen and oxygen atoms in total. The fourth-order valence-corrected chi connectivity index (χ4v) is 2.95. The summed E-state index contributed by atoms with van der Waals surface area (Å²) in [6.07, 6.45) is 2.96. The summed E-state index contributed by atoms with van der Waals surface area (Å²) < 4.78 is 0. The molecule has 1 heterocycles. The van der Waals surface area contributed by atoms with Gasteiger partial charge in [0.25, 0.3) is 5.91 Å². The SMILES string of the molecule is Cl.O=C(N[C@H]1CCCNC1)c1ccccc1Cc1ccccc1. The smallest absolute Gasteiger partial charge is 0.251 e. The Labute approximate surface area is 143 Å². The van der Waals surface area contributed by atoms with Gasteiger partial charge in [0.1, 0.15) is 0 Å². The van der Waals surface area contributed by atoms with E-state index in [-0.39, 0.29) is 24.4 Å². The molecule has 0 aromatic heterocycles. The fourth-order valence-electron chi connectivity index (χ4n) is 2.95. The van der Waals surface area contributed by atoms with Gasteiger partial charge in [-0.2, -0.15) is 0 Å². The van der Waals surface area contributed by atoms with Crippen LogP contribution in [0, 0.1) is 0 Å². The third-order valence-electron chi connectivity index (χ3n) is 4.13. The van der Waals surface area contributed by atoms with E-state index in [1.807, 2.05) is 42.5 Å². The van der Waals surface area contributed by atoms with Gasteiger partial charge >= 0.3 is 0 Å². The summed E-state index contributed by atoms with van der Waals surface area (Å²) >= 11 is 0. The lowest BCUT2D eigenvalue weighted by Gasteiger charge is -2.24. The molecule has 0 unspecified atom stereocenters. The molecule has 3 rings (SSSR count). The average molecular weight is 331 g/mol. The molecule has 2 N–H and O–H groups in total. The Kier molecular flexibility index (Phi) is 6.63. The van der Waals surface area contributed by atoms with Gasteiger partial charge in [-0.3, -0.25) is 4.79 Å². The van der Waals surface area contributed by atoms with Crippen LogP contribution in [0.15, 0.2) is 54.6 Å². The summed E-state index contributed by atoms with van der Waals surface area (Å²) in [5.74, 6) is 0.0419. The van der Waals surface area contributed by atoms with E-state index in [1.165, 1.54) is 5.56 Å². The number of hydrogen-bond donors (Lipinski definition) is 2. The zero-order chi connectivity index (χ0) is 15.2. The van der Waals surface area contributed by atoms with Crippen LogP contribution in [0.4, 0.5) is 0 Å². The number of amides is 1. The quantitative estimate of drug-likeness (QED) is 0.904. The van der Waals surface area contributed by atoms with Crippen molar-refractivity contribution in [2.45, 2.75) is 25.3 Å². The monoisotopic (exact) mass is 330 g/mol. The first kappa shape index (κ1) is 17.5. The average Bonchev–Trinajstić information content (AvgIpc) is 2.57. The predicted molar refractivity (Wildman–Crippen MR) is 96.3 cm³/mol. The van der Waals surface area contributed by atoms with Gasteiger partial charge in [0.05, 0.1) is 0 Å². The number of benzene rings is 2. The lowest BCUT2D eigenvalue weighted by molar-refractivity contribution is 0.0930. The van der Waals surface area contributed by atoms with Crippen molar-refractivity contribution >= 4 is 18.3 Å². The summed E-state index contributed by atoms with van der Waals surface area (Å²) in [5.41, 5.74) is 3.09. The lowest BCUT2D eigenvalue weighted by atomic mass is 9.98. The molecule has 2 aromatic carbocycles. The van der Waals surface area contributed by atoms with Gasteiger partial charge in [-0.1, -0.05) is 48.5 Å². The number of carbonyl (C=O) groups excluding carboxylic acids is 1. The lowest BCUT2D eigenvalue weighted by Crippen LogP contribution is -2.45. The highest BCUT2D eigenvalue weighted by Gasteiger charge is 2.18. The molecule has 0 spiro atoms. The van der Waals surface area contributed by atoms with Crippen molar-refractivity contribution in [2.24, 2.45) is 0 Å². The summed E-state index contributed by atoms with van der Waals surface area (Å²) in [5, 5.41) is 6.49. The molecule has 122 valence electrons. The normalized spacial score (nSPS) is 17.1. The number of hydrogen-bond acceptors (Lipinski definition) is 2. The fraction of sp³-hybridized carbons (Fsp3) is 0.316. The van der Waals surface area contributed by atoms with Crippen LogP contribution in [0.3, 0.4) is 0 Å². The minimum Gasteiger partial charge on any atom is -0.348 e. The maximum atomic E-state index is 12.6. The standard InChI is InChI=1S/C19H22N2O.ClH/c22-19(21-17-10-6-12-20-14-17)18-11-5-4-9-16(18)13-15-7-2-1-3-8-15;/h1-5,7-9,11,17,20H,6,10,12-14H2,(H,21,22);1H/t17-;/m0./s1. The molecule has 1 saturated heterocycles. The third kappa shape index (κ3) is 4.81. The second-order valence-corrected chi connectivity index (χ2v) is 5.84. The first-order valence-corrected chi connectivity index (χ1v) is 7.96. The number of rotatable bonds is 4. The van der Waals surface area contributed by atoms with Crippen molar-refractivity contribution in [1.82, 2.24) is 10.6 Å². The topological polar surface area (TPSA) is 41.1 Å². The van der Waals surface area contributed by atoms with Crippen molar-refractivity contribution in [3.05, 3.63) is 71.3 Å². The first-order chi connectivity index (χ1) is 10.8. The first-order valence-electron chi connectivity index (χ1n) is 7.96. The maximum Gasteiger partial charge on any atom is 0.251 e. The van der Waals surface area contributed by atoms with E-state index >= 15 is 0 Å². The van der Waals surface area contributed by atoms with Crippen molar-refractivity contribution in [3.63, 3.8) is 0 Å². The Balaban J connectivity index is 0.00000192. The molecule has 2 aromatic rings. The van der Waals surface area contributed by atoms with Gasteiger partial charge in [0.15, 0.2) is 0 Å². The van der Waals surface area contributed by atoms with Gasteiger partial charge in [0, 0.05) is 18.2 Å². The zero-order valence-electron chi connectivity index (χ0n) is 13.1. The van der Waals surface area contributed by atoms with Crippen LogP contribution in [0.5, 0.6) is 0 Å². The Morgan fingerprint density at radius 1 is 1.09 bits per heavy atom. The molecule has 1 amide bonds. The molecular formula is C19H23ClN2O. The van der Waals surface area contributed by atoms with Gasteiger partial charge in [-0.25, -0.2) is 0 Å². The van der Waals surface area contributed by atoms with Crippen LogP contribution in [-0.2, 0) is 6.42 Å². The van der Waals surface area contributed by atoms with E-state index in [0.29, 0.717) is 0 Å². The molecule has 1 aliphatic rings. The summed E-state index contributed by atoms with van der Waals surface area (Å²) in [4.78, 5) is 12.6. The van der Waals surface area contributed by atoms with E-state index in [2.05, 4.69) is 22.8 Å². The minimum atomic E-state index is 0. The Hall–Kier alpha value is -1.84. The number of carbonyl (C=O) groups is 1. The molecule has 1 fully saturated rings. The van der Waals surface area contributed by atoms with Gasteiger partial charge in [0.2, 0.25) is 0 Å². The highest BCUT2D eigenvalue weighted by atomic mass is 35.5. The molecule has 4 heteroatoms. The second kappa shape index (κ2) is 8.70. The predicted octanol–water partition coefficient (Wildman–Crippen LogP) is 3.18. The van der Waals surface area contributed by atoms with Crippen LogP contribution >= 0.6 is 12.4 Å². The van der Waals surface area contributed by atoms with Crippen LogP contribution in [0.1, 0.15) is 34.3 Å². The molecule has 0 bridgehead atoms. The molecule has 1 atom stereocenters. The van der Waals surface area contributed by atoms with E-state index in [9.17, 15) is 4.79 Å². The molecular weight excluding hydrogens is 308 g/mol. The van der Waals surface area contributed by atoms with E-state index < -0.39 is 0 Å². The van der Waals surface area contributed by atoms with Crippen molar-refractivity contribution in [3.8, 4) is 0 Å². The number of nitrogens with one attached hydrogen (secondary N) is 2. The summed E-state index contributed by atoms with van der Waals surface area (Å²) in [6.45, 7) is 1.92. The molecule has 0 radical (unpaired) electrons. The van der Waals surface area contributed by atoms with E-state index in [4.69, 9.17) is 0 Å². The van der Waals surface area contributed by atoms with Crippen molar-refractivity contribution < 1.29 is 4.79 Å². The minimum absolute atomic E-state index is 0. The molecule has 1 aliphatic heterocycles. The van der Waals surface area contributed by atoms with Crippen LogP contribution in [0.25, 0.3) is 0 Å². The third-order valence-corrected chi connectivity index (χ3v) is 4.13. The zero-order valence-corrected chi connectivity index (χ0v) is 13.9. The van der Waals surface area contributed by atoms with Crippen molar-refractivity contribution in [1.29, 1.82) is 0 Å². The summed E-state index contributed by atoms with van der Waals surface area (Å²) in [7, 11) is 0. The highest BCUT2D eigenvalue weighted by molar-refractivity contribution is 5.96. The molecule has 23 heavy (non-hydrogen) atoms. The van der Waals surface area contributed by atoms with Crippen LogP contribution in [-0.4, -0.2) is 25.0 Å². The Bertz CT molecular complexity index is 624. The van der Waals surface area contributed by atoms with Crippen LogP contribution < -0.4 is 10.6 Å². The maximum absolute atomic E-state index is 12.6. The molecule has 0 saturated carbocycles. The number of halogens is 1. The van der Waals surface area contributed by atoms with Gasteiger partial charge < -0.3 is 10.6 Å². The van der Waals surface area contributed by atoms with Crippen molar-refractivity contribution in [2.75, 3.05) is 13.1 Å². The summed E-state index contributed by atoms with van der Waals surface area (Å²) in [6, 6.07) is 18.4.